The van der Waals surface area contributed by atoms with Gasteiger partial charge >= 0.3 is 5.97 Å². The van der Waals surface area contributed by atoms with E-state index in [0.717, 1.165) is 41.7 Å². The van der Waals surface area contributed by atoms with Gasteiger partial charge < -0.3 is 18.9 Å². The van der Waals surface area contributed by atoms with Crippen LogP contribution in [0.1, 0.15) is 62.6 Å². The van der Waals surface area contributed by atoms with Crippen LogP contribution in [0.4, 0.5) is 0 Å². The maximum atomic E-state index is 11.7. The predicted molar refractivity (Wildman–Crippen MR) is 133 cm³/mol. The van der Waals surface area contributed by atoms with Gasteiger partial charge in [-0.3, -0.25) is 4.79 Å². The number of rotatable bonds is 9. The van der Waals surface area contributed by atoms with Crippen molar-refractivity contribution in [1.82, 2.24) is 0 Å². The fourth-order valence-corrected chi connectivity index (χ4v) is 4.55. The Labute approximate surface area is 202 Å². The fraction of sp³-hybridized carbons (Fsp3) is 0.414. The highest BCUT2D eigenvalue weighted by Crippen LogP contribution is 2.38. The third kappa shape index (κ3) is 6.16. The molecule has 0 bridgehead atoms. The van der Waals surface area contributed by atoms with Gasteiger partial charge in [-0.1, -0.05) is 42.5 Å². The summed E-state index contributed by atoms with van der Waals surface area (Å²) in [6.45, 7) is 6.14. The Hall–Kier alpha value is -2.89. The third-order valence-corrected chi connectivity index (χ3v) is 6.43. The molecule has 1 saturated heterocycles. The van der Waals surface area contributed by atoms with Crippen molar-refractivity contribution in [2.24, 2.45) is 0 Å². The van der Waals surface area contributed by atoms with Crippen LogP contribution in [-0.2, 0) is 25.6 Å². The van der Waals surface area contributed by atoms with Crippen molar-refractivity contribution in [2.75, 3.05) is 19.8 Å². The molecule has 0 aromatic heterocycles. The summed E-state index contributed by atoms with van der Waals surface area (Å²) in [7, 11) is 0. The molecule has 1 heterocycles. The highest BCUT2D eigenvalue weighted by molar-refractivity contribution is 5.74. The van der Waals surface area contributed by atoms with Gasteiger partial charge in [0.05, 0.1) is 19.8 Å². The van der Waals surface area contributed by atoms with E-state index in [1.54, 1.807) is 0 Å². The van der Waals surface area contributed by atoms with Crippen molar-refractivity contribution >= 4 is 17.1 Å². The summed E-state index contributed by atoms with van der Waals surface area (Å²) >= 11 is 0. The van der Waals surface area contributed by atoms with E-state index in [0.29, 0.717) is 39.3 Å². The molecule has 180 valence electrons. The SMILES string of the molecule is CC=C(CCC(=O)OCC)c1ccc(OCc2cccc(C3=CCC4(CC3)OCCO4)c2)cc1. The Morgan fingerprint density at radius 1 is 1.09 bits per heavy atom. The number of allylic oxidation sites excluding steroid dienone is 3. The summed E-state index contributed by atoms with van der Waals surface area (Å²) in [5.41, 5.74) is 5.95. The average molecular weight is 463 g/mol. The number of carbonyl (C=O) groups excluding carboxylic acids is 1. The second-order valence-corrected chi connectivity index (χ2v) is 8.67. The van der Waals surface area contributed by atoms with Crippen LogP contribution in [0.3, 0.4) is 0 Å². The zero-order valence-corrected chi connectivity index (χ0v) is 20.2. The van der Waals surface area contributed by atoms with Crippen LogP contribution in [0.25, 0.3) is 11.1 Å². The molecule has 0 saturated carbocycles. The van der Waals surface area contributed by atoms with Gasteiger partial charge in [0.2, 0.25) is 0 Å². The zero-order valence-electron chi connectivity index (χ0n) is 20.2. The number of esters is 1. The van der Waals surface area contributed by atoms with Gasteiger partial charge in [0.25, 0.3) is 0 Å². The summed E-state index contributed by atoms with van der Waals surface area (Å²) in [5.74, 6) is 0.277. The van der Waals surface area contributed by atoms with Crippen molar-refractivity contribution in [3.05, 3.63) is 77.4 Å². The van der Waals surface area contributed by atoms with Crippen LogP contribution >= 0.6 is 0 Å². The minimum Gasteiger partial charge on any atom is -0.489 e. The molecule has 5 nitrogen and oxygen atoms in total. The molecule has 1 aliphatic heterocycles. The lowest BCUT2D eigenvalue weighted by Crippen LogP contribution is -2.31. The Bertz CT molecular complexity index is 1030. The van der Waals surface area contributed by atoms with Crippen molar-refractivity contribution in [1.29, 1.82) is 0 Å². The van der Waals surface area contributed by atoms with E-state index >= 15 is 0 Å². The summed E-state index contributed by atoms with van der Waals surface area (Å²) in [6.07, 6.45) is 8.03. The number of benzene rings is 2. The Balaban J connectivity index is 1.32. The van der Waals surface area contributed by atoms with Crippen LogP contribution in [0.15, 0.2) is 60.7 Å². The van der Waals surface area contributed by atoms with Gasteiger partial charge in [-0.25, -0.2) is 0 Å². The number of carbonyl (C=O) groups is 1. The van der Waals surface area contributed by atoms with Gasteiger partial charge in [-0.15, -0.1) is 0 Å². The van der Waals surface area contributed by atoms with Crippen LogP contribution in [0, 0.1) is 0 Å². The molecule has 0 unspecified atom stereocenters. The van der Waals surface area contributed by atoms with Gasteiger partial charge in [-0.05, 0) is 72.7 Å². The molecule has 0 N–H and O–H groups in total. The van der Waals surface area contributed by atoms with E-state index in [9.17, 15) is 4.79 Å². The van der Waals surface area contributed by atoms with E-state index in [1.807, 2.05) is 44.2 Å². The van der Waals surface area contributed by atoms with Crippen LogP contribution in [-0.4, -0.2) is 31.6 Å². The van der Waals surface area contributed by atoms with E-state index < -0.39 is 0 Å². The molecule has 0 amide bonds. The Morgan fingerprint density at radius 3 is 2.56 bits per heavy atom. The van der Waals surface area contributed by atoms with Crippen LogP contribution < -0.4 is 4.74 Å². The Kier molecular flexibility index (Phi) is 8.20. The second kappa shape index (κ2) is 11.5. The Morgan fingerprint density at radius 2 is 1.88 bits per heavy atom. The van der Waals surface area contributed by atoms with E-state index in [-0.39, 0.29) is 11.8 Å². The average Bonchev–Trinajstić information content (AvgIpc) is 3.32. The standard InChI is InChI=1S/C29H34O5/c1-3-23(10-13-28(30)31-4-2)24-8-11-27(12-9-24)32-21-22-6-5-7-26(20-22)25-14-16-29(17-15-25)33-18-19-34-29/h3,5-9,11-12,14,20H,4,10,13,15-19,21H2,1-2H3. The summed E-state index contributed by atoms with van der Waals surface area (Å²) in [6, 6.07) is 16.6. The molecular formula is C29H34O5. The molecule has 1 aliphatic carbocycles. The summed E-state index contributed by atoms with van der Waals surface area (Å²) in [5, 5.41) is 0. The van der Waals surface area contributed by atoms with Crippen molar-refractivity contribution in [3.63, 3.8) is 0 Å². The lowest BCUT2D eigenvalue weighted by atomic mass is 9.89. The van der Waals surface area contributed by atoms with Crippen molar-refractivity contribution in [3.8, 4) is 5.75 Å². The van der Waals surface area contributed by atoms with Crippen LogP contribution in [0.2, 0.25) is 0 Å². The van der Waals surface area contributed by atoms with E-state index in [2.05, 4.69) is 30.3 Å². The molecule has 0 atom stereocenters. The third-order valence-electron chi connectivity index (χ3n) is 6.43. The number of ether oxygens (including phenoxy) is 4. The molecule has 4 rings (SSSR count). The van der Waals surface area contributed by atoms with Gasteiger partial charge in [0.15, 0.2) is 5.79 Å². The first kappa shape index (κ1) is 24.2. The van der Waals surface area contributed by atoms with E-state index in [1.165, 1.54) is 11.1 Å². The van der Waals surface area contributed by atoms with Crippen LogP contribution in [0.5, 0.6) is 5.75 Å². The molecule has 1 fully saturated rings. The predicted octanol–water partition coefficient (Wildman–Crippen LogP) is 6.32. The summed E-state index contributed by atoms with van der Waals surface area (Å²) in [4.78, 5) is 11.7. The van der Waals surface area contributed by atoms with E-state index in [4.69, 9.17) is 18.9 Å². The molecule has 34 heavy (non-hydrogen) atoms. The lowest BCUT2D eigenvalue weighted by Gasteiger charge is -2.30. The highest BCUT2D eigenvalue weighted by atomic mass is 16.7. The first-order chi connectivity index (χ1) is 16.6. The highest BCUT2D eigenvalue weighted by Gasteiger charge is 2.37. The van der Waals surface area contributed by atoms with Gasteiger partial charge in [0, 0.05) is 19.3 Å². The fourth-order valence-electron chi connectivity index (χ4n) is 4.55. The van der Waals surface area contributed by atoms with Crippen molar-refractivity contribution in [2.45, 2.75) is 58.3 Å². The zero-order chi connectivity index (χ0) is 23.8. The largest absolute Gasteiger partial charge is 0.489 e. The molecular weight excluding hydrogens is 428 g/mol. The molecule has 2 aromatic carbocycles. The molecule has 2 aliphatic rings. The first-order valence-corrected chi connectivity index (χ1v) is 12.2. The summed E-state index contributed by atoms with van der Waals surface area (Å²) < 4.78 is 22.8. The van der Waals surface area contributed by atoms with Gasteiger partial charge in [0.1, 0.15) is 12.4 Å². The van der Waals surface area contributed by atoms with Crippen molar-refractivity contribution < 1.29 is 23.7 Å². The minimum absolute atomic E-state index is 0.160. The maximum Gasteiger partial charge on any atom is 0.306 e. The number of hydrogen-bond donors (Lipinski definition) is 0. The quantitative estimate of drug-likeness (QED) is 0.408. The maximum absolute atomic E-state index is 11.7. The topological polar surface area (TPSA) is 54.0 Å². The first-order valence-electron chi connectivity index (χ1n) is 12.2. The number of hydrogen-bond acceptors (Lipinski definition) is 5. The minimum atomic E-state index is -0.387. The molecule has 5 heteroatoms. The molecule has 2 aromatic rings. The second-order valence-electron chi connectivity index (χ2n) is 8.67. The van der Waals surface area contributed by atoms with Gasteiger partial charge in [-0.2, -0.15) is 0 Å². The molecule has 0 radical (unpaired) electrons. The lowest BCUT2D eigenvalue weighted by molar-refractivity contribution is -0.159. The normalized spacial score (nSPS) is 17.5. The monoisotopic (exact) mass is 462 g/mol. The smallest absolute Gasteiger partial charge is 0.306 e. The molecule has 1 spiro atoms.